The van der Waals surface area contributed by atoms with Crippen molar-refractivity contribution in [1.82, 2.24) is 9.55 Å². The van der Waals surface area contributed by atoms with Crippen LogP contribution in [0, 0.1) is 0 Å². The van der Waals surface area contributed by atoms with Gasteiger partial charge in [0.05, 0.1) is 11.0 Å². The lowest BCUT2D eigenvalue weighted by atomic mass is 9.85. The van der Waals surface area contributed by atoms with Crippen molar-refractivity contribution in [3.63, 3.8) is 0 Å². The molecule has 5 aromatic rings. The molecular formula is C31H30N2O2. The molecule has 0 atom stereocenters. The van der Waals surface area contributed by atoms with E-state index in [9.17, 15) is 5.11 Å². The lowest BCUT2D eigenvalue weighted by Gasteiger charge is -2.29. The van der Waals surface area contributed by atoms with Gasteiger partial charge in [-0.3, -0.25) is 0 Å². The van der Waals surface area contributed by atoms with Crippen molar-refractivity contribution in [1.29, 1.82) is 0 Å². The normalized spacial score (nSPS) is 11.6. The summed E-state index contributed by atoms with van der Waals surface area (Å²) in [5.41, 5.74) is 4.34. The van der Waals surface area contributed by atoms with E-state index >= 15 is 0 Å². The smallest absolute Gasteiger partial charge is 0.173 e. The summed E-state index contributed by atoms with van der Waals surface area (Å²) < 4.78 is 8.20. The third kappa shape index (κ3) is 4.33. The predicted octanol–water partition coefficient (Wildman–Crippen LogP) is 6.48. The van der Waals surface area contributed by atoms with Gasteiger partial charge >= 0.3 is 0 Å². The summed E-state index contributed by atoms with van der Waals surface area (Å²) in [6, 6.07) is 33.9. The average molecular weight is 463 g/mol. The zero-order chi connectivity index (χ0) is 24.3. The van der Waals surface area contributed by atoms with E-state index in [1.165, 1.54) is 5.56 Å². The van der Waals surface area contributed by atoms with Gasteiger partial charge in [0.25, 0.3) is 0 Å². The Morgan fingerprint density at radius 3 is 2.09 bits per heavy atom. The first-order valence-electron chi connectivity index (χ1n) is 12.2. The van der Waals surface area contributed by atoms with Crippen molar-refractivity contribution in [2.45, 2.75) is 39.0 Å². The molecule has 0 aliphatic rings. The molecule has 35 heavy (non-hydrogen) atoms. The molecule has 1 N–H and O–H groups in total. The van der Waals surface area contributed by atoms with Crippen LogP contribution >= 0.6 is 0 Å². The molecule has 0 saturated heterocycles. The lowest BCUT2D eigenvalue weighted by Crippen LogP contribution is -2.32. The lowest BCUT2D eigenvalue weighted by molar-refractivity contribution is 0.112. The highest BCUT2D eigenvalue weighted by Gasteiger charge is 2.38. The Kier molecular flexibility index (Phi) is 6.39. The number of aryl methyl sites for hydroxylation is 2. The van der Waals surface area contributed by atoms with Crippen molar-refractivity contribution >= 4 is 11.0 Å². The first-order chi connectivity index (χ1) is 17.1. The number of aliphatic hydroxyl groups is 1. The summed E-state index contributed by atoms with van der Waals surface area (Å²) in [6.07, 6.45) is 0.980. The Labute approximate surface area is 206 Å². The molecular weight excluding hydrogens is 432 g/mol. The number of imidazole rings is 1. The van der Waals surface area contributed by atoms with Crippen LogP contribution in [0.3, 0.4) is 0 Å². The van der Waals surface area contributed by atoms with Crippen molar-refractivity contribution in [3.8, 4) is 5.75 Å². The van der Waals surface area contributed by atoms with E-state index < -0.39 is 5.60 Å². The van der Waals surface area contributed by atoms with Crippen molar-refractivity contribution in [3.05, 3.63) is 131 Å². The van der Waals surface area contributed by atoms with Crippen LogP contribution in [0.4, 0.5) is 0 Å². The molecule has 0 amide bonds. The van der Waals surface area contributed by atoms with E-state index in [-0.39, 0.29) is 0 Å². The van der Waals surface area contributed by atoms with Crippen LogP contribution in [0.5, 0.6) is 5.75 Å². The number of hydrogen-bond donors (Lipinski definition) is 1. The van der Waals surface area contributed by atoms with E-state index in [0.717, 1.165) is 39.9 Å². The quantitative estimate of drug-likeness (QED) is 0.287. The topological polar surface area (TPSA) is 47.3 Å². The molecule has 4 aromatic carbocycles. The molecule has 176 valence electrons. The molecule has 4 heteroatoms. The molecule has 0 spiro atoms. The number of benzene rings is 4. The molecule has 1 aromatic heterocycles. The van der Waals surface area contributed by atoms with Gasteiger partial charge in [0.2, 0.25) is 0 Å². The molecule has 4 nitrogen and oxygen atoms in total. The third-order valence-corrected chi connectivity index (χ3v) is 6.55. The second-order valence-corrected chi connectivity index (χ2v) is 8.73. The number of aromatic nitrogens is 2. The highest BCUT2D eigenvalue weighted by atomic mass is 16.5. The minimum Gasteiger partial charge on any atom is -0.489 e. The van der Waals surface area contributed by atoms with Crippen molar-refractivity contribution in [2.75, 3.05) is 0 Å². The first kappa shape index (κ1) is 22.9. The van der Waals surface area contributed by atoms with E-state index in [1.807, 2.05) is 84.9 Å². The summed E-state index contributed by atoms with van der Waals surface area (Å²) in [7, 11) is 0. The van der Waals surface area contributed by atoms with Gasteiger partial charge in [0, 0.05) is 6.54 Å². The summed E-state index contributed by atoms with van der Waals surface area (Å²) in [5.74, 6) is 1.48. The molecule has 0 aliphatic heterocycles. The number of hydrogen-bond acceptors (Lipinski definition) is 3. The first-order valence-corrected chi connectivity index (χ1v) is 12.2. The van der Waals surface area contributed by atoms with Gasteiger partial charge in [-0.1, -0.05) is 85.8 Å². The zero-order valence-corrected chi connectivity index (χ0v) is 20.2. The molecule has 0 aliphatic carbocycles. The number of rotatable bonds is 8. The fourth-order valence-corrected chi connectivity index (χ4v) is 4.66. The second-order valence-electron chi connectivity index (χ2n) is 8.73. The van der Waals surface area contributed by atoms with Gasteiger partial charge < -0.3 is 14.4 Å². The van der Waals surface area contributed by atoms with E-state index in [0.29, 0.717) is 19.0 Å². The molecule has 5 rings (SSSR count). The van der Waals surface area contributed by atoms with Gasteiger partial charge in [0.15, 0.2) is 11.4 Å². The largest absolute Gasteiger partial charge is 0.489 e. The monoisotopic (exact) mass is 462 g/mol. The standard InChI is InChI=1S/C31H30N2O2/c1-3-23-12-11-17-27(20-23)35-22-24-18-19-28-29(21-24)33(4-2)30(32-28)31(34,25-13-7-5-8-14-25)26-15-9-6-10-16-26/h5-21,34H,3-4,22H2,1-2H3. The Hall–Kier alpha value is -3.89. The predicted molar refractivity (Wildman–Crippen MR) is 141 cm³/mol. The maximum atomic E-state index is 12.3. The summed E-state index contributed by atoms with van der Waals surface area (Å²) in [6.45, 7) is 5.37. The minimum atomic E-state index is -1.38. The Bertz CT molecular complexity index is 1390. The van der Waals surface area contributed by atoms with E-state index in [1.54, 1.807) is 0 Å². The van der Waals surface area contributed by atoms with Gasteiger partial charge in [-0.15, -0.1) is 0 Å². The van der Waals surface area contributed by atoms with Gasteiger partial charge in [-0.05, 0) is 59.9 Å². The summed E-state index contributed by atoms with van der Waals surface area (Å²) in [5, 5.41) is 12.3. The Balaban J connectivity index is 1.57. The van der Waals surface area contributed by atoms with Crippen molar-refractivity contribution < 1.29 is 9.84 Å². The summed E-state index contributed by atoms with van der Waals surface area (Å²) in [4.78, 5) is 4.96. The molecule has 0 bridgehead atoms. The third-order valence-electron chi connectivity index (χ3n) is 6.55. The van der Waals surface area contributed by atoms with Crippen LogP contribution in [-0.2, 0) is 25.2 Å². The van der Waals surface area contributed by atoms with Gasteiger partial charge in [0.1, 0.15) is 12.4 Å². The highest BCUT2D eigenvalue weighted by Crippen LogP contribution is 2.37. The van der Waals surface area contributed by atoms with Gasteiger partial charge in [-0.2, -0.15) is 0 Å². The van der Waals surface area contributed by atoms with E-state index in [4.69, 9.17) is 9.72 Å². The van der Waals surface area contributed by atoms with Crippen LogP contribution < -0.4 is 4.74 Å². The van der Waals surface area contributed by atoms with Crippen LogP contribution in [0.15, 0.2) is 103 Å². The molecule has 1 heterocycles. The number of ether oxygens (including phenoxy) is 1. The van der Waals surface area contributed by atoms with Gasteiger partial charge in [-0.25, -0.2) is 4.98 Å². The van der Waals surface area contributed by atoms with Crippen LogP contribution in [0.1, 0.15) is 41.9 Å². The zero-order valence-electron chi connectivity index (χ0n) is 20.2. The second kappa shape index (κ2) is 9.77. The van der Waals surface area contributed by atoms with Crippen LogP contribution in [0.2, 0.25) is 0 Å². The molecule has 0 unspecified atom stereocenters. The number of fused-ring (bicyclic) bond motifs is 1. The van der Waals surface area contributed by atoms with E-state index in [2.05, 4.69) is 36.6 Å². The summed E-state index contributed by atoms with van der Waals surface area (Å²) >= 11 is 0. The molecule has 0 fully saturated rings. The maximum Gasteiger partial charge on any atom is 0.173 e. The highest BCUT2D eigenvalue weighted by molar-refractivity contribution is 5.77. The fourth-order valence-electron chi connectivity index (χ4n) is 4.66. The van der Waals surface area contributed by atoms with Crippen molar-refractivity contribution in [2.24, 2.45) is 0 Å². The van der Waals surface area contributed by atoms with Crippen LogP contribution in [0.25, 0.3) is 11.0 Å². The maximum absolute atomic E-state index is 12.3. The minimum absolute atomic E-state index is 0.467. The number of nitrogens with zero attached hydrogens (tertiary/aromatic N) is 2. The molecule has 0 radical (unpaired) electrons. The Morgan fingerprint density at radius 2 is 1.46 bits per heavy atom. The fraction of sp³-hybridized carbons (Fsp3) is 0.194. The average Bonchev–Trinajstić information content (AvgIpc) is 3.31. The molecule has 0 saturated carbocycles. The Morgan fingerprint density at radius 1 is 0.771 bits per heavy atom. The van der Waals surface area contributed by atoms with Crippen LogP contribution in [-0.4, -0.2) is 14.7 Å². The SMILES string of the molecule is CCc1cccc(OCc2ccc3nc(C(O)(c4ccccc4)c4ccccc4)n(CC)c3c2)c1.